The van der Waals surface area contributed by atoms with E-state index in [0.29, 0.717) is 13.0 Å². The lowest BCUT2D eigenvalue weighted by atomic mass is 9.96. The van der Waals surface area contributed by atoms with Crippen molar-refractivity contribution in [3.05, 3.63) is 34.9 Å². The van der Waals surface area contributed by atoms with Gasteiger partial charge in [0.25, 0.3) is 0 Å². The van der Waals surface area contributed by atoms with Crippen LogP contribution in [0.15, 0.2) is 24.3 Å². The zero-order valence-corrected chi connectivity index (χ0v) is 16.7. The minimum Gasteiger partial charge on any atom is -0.355 e. The summed E-state index contributed by atoms with van der Waals surface area (Å²) in [7, 11) is 0. The maximum absolute atomic E-state index is 12.1. The van der Waals surface area contributed by atoms with E-state index in [2.05, 4.69) is 27.7 Å². The van der Waals surface area contributed by atoms with Crippen molar-refractivity contribution < 1.29 is 9.59 Å². The largest absolute Gasteiger partial charge is 0.355 e. The topological polar surface area (TPSA) is 61.4 Å². The predicted octanol–water partition coefficient (Wildman–Crippen LogP) is 2.97. The Bertz CT molecular complexity index is 602. The molecule has 6 heteroatoms. The highest BCUT2D eigenvalue weighted by atomic mass is 35.5. The second kappa shape index (κ2) is 9.38. The van der Waals surface area contributed by atoms with Crippen LogP contribution in [0.5, 0.6) is 0 Å². The van der Waals surface area contributed by atoms with Gasteiger partial charge in [-0.2, -0.15) is 0 Å². The summed E-state index contributed by atoms with van der Waals surface area (Å²) in [6.07, 6.45) is 2.23. The fraction of sp³-hybridized carbons (Fsp3) is 0.600. The van der Waals surface area contributed by atoms with E-state index in [1.807, 2.05) is 32.9 Å². The molecule has 1 aliphatic heterocycles. The Morgan fingerprint density at radius 1 is 1.15 bits per heavy atom. The minimum atomic E-state index is -0.423. The monoisotopic (exact) mass is 379 g/mol. The van der Waals surface area contributed by atoms with E-state index in [1.165, 1.54) is 5.56 Å². The predicted molar refractivity (Wildman–Crippen MR) is 105 cm³/mol. The number of hydrogen-bond acceptors (Lipinski definition) is 3. The highest BCUT2D eigenvalue weighted by Gasteiger charge is 2.22. The van der Waals surface area contributed by atoms with E-state index >= 15 is 0 Å². The number of carbonyl (C=O) groups is 2. The number of hydrogen-bond donors (Lipinski definition) is 2. The number of benzene rings is 1. The van der Waals surface area contributed by atoms with Crippen LogP contribution in [-0.4, -0.2) is 42.4 Å². The van der Waals surface area contributed by atoms with Crippen LogP contribution in [0, 0.1) is 5.41 Å². The first-order valence-corrected chi connectivity index (χ1v) is 9.66. The van der Waals surface area contributed by atoms with Crippen LogP contribution in [0.25, 0.3) is 0 Å². The van der Waals surface area contributed by atoms with E-state index in [0.717, 1.165) is 37.5 Å². The third kappa shape index (κ3) is 6.96. The van der Waals surface area contributed by atoms with Gasteiger partial charge in [0.05, 0.1) is 0 Å². The second-order valence-corrected chi connectivity index (χ2v) is 8.44. The van der Waals surface area contributed by atoms with Gasteiger partial charge >= 0.3 is 0 Å². The summed E-state index contributed by atoms with van der Waals surface area (Å²) < 4.78 is 0. The Morgan fingerprint density at radius 3 is 2.35 bits per heavy atom. The molecule has 0 unspecified atom stereocenters. The molecule has 2 amide bonds. The molecule has 0 saturated carbocycles. The van der Waals surface area contributed by atoms with E-state index in [-0.39, 0.29) is 17.9 Å². The molecular formula is C20H30ClN3O2. The molecule has 1 fully saturated rings. The number of rotatable bonds is 6. The lowest BCUT2D eigenvalue weighted by Gasteiger charge is -2.32. The lowest BCUT2D eigenvalue weighted by molar-refractivity contribution is -0.128. The summed E-state index contributed by atoms with van der Waals surface area (Å²) >= 11 is 5.92. The molecule has 1 aromatic rings. The van der Waals surface area contributed by atoms with Crippen LogP contribution in [0.2, 0.25) is 5.02 Å². The molecule has 0 bridgehead atoms. The third-order valence-electron chi connectivity index (χ3n) is 4.59. The Morgan fingerprint density at radius 2 is 1.77 bits per heavy atom. The summed E-state index contributed by atoms with van der Waals surface area (Å²) in [5.41, 5.74) is 0.833. The summed E-state index contributed by atoms with van der Waals surface area (Å²) in [6, 6.07) is 8.18. The molecule has 0 aromatic heterocycles. The highest BCUT2D eigenvalue weighted by Crippen LogP contribution is 2.16. The van der Waals surface area contributed by atoms with Crippen LogP contribution in [0.4, 0.5) is 0 Å². The molecule has 2 N–H and O–H groups in total. The number of amides is 2. The molecule has 5 nitrogen and oxygen atoms in total. The number of nitrogens with one attached hydrogen (secondary N) is 2. The molecule has 0 aliphatic carbocycles. The van der Waals surface area contributed by atoms with Crippen molar-refractivity contribution in [2.24, 2.45) is 5.41 Å². The van der Waals surface area contributed by atoms with Crippen LogP contribution in [-0.2, 0) is 16.1 Å². The zero-order chi connectivity index (χ0) is 19.2. The maximum Gasteiger partial charge on any atom is 0.225 e. The normalized spacial score (nSPS) is 16.3. The van der Waals surface area contributed by atoms with Crippen LogP contribution in [0.3, 0.4) is 0 Å². The SMILES string of the molecule is CC(C)(C)C(=O)NCCC(=O)NC1CCN(Cc2ccc(Cl)cc2)CC1. The van der Waals surface area contributed by atoms with Gasteiger partial charge in [-0.3, -0.25) is 14.5 Å². The van der Waals surface area contributed by atoms with E-state index in [4.69, 9.17) is 11.6 Å². The average Bonchev–Trinajstić information content (AvgIpc) is 2.58. The summed E-state index contributed by atoms with van der Waals surface area (Å²) in [6.45, 7) is 8.82. The summed E-state index contributed by atoms with van der Waals surface area (Å²) in [4.78, 5) is 26.2. The van der Waals surface area contributed by atoms with Crippen LogP contribution < -0.4 is 10.6 Å². The molecule has 1 heterocycles. The molecule has 0 spiro atoms. The Labute approximate surface area is 161 Å². The average molecular weight is 380 g/mol. The summed E-state index contributed by atoms with van der Waals surface area (Å²) in [5, 5.41) is 6.66. The van der Waals surface area contributed by atoms with E-state index in [9.17, 15) is 9.59 Å². The Hall–Kier alpha value is -1.59. The quantitative estimate of drug-likeness (QED) is 0.798. The van der Waals surface area contributed by atoms with Gasteiger partial charge in [0.1, 0.15) is 0 Å². The number of likely N-dealkylation sites (tertiary alicyclic amines) is 1. The van der Waals surface area contributed by atoms with Gasteiger partial charge in [0, 0.05) is 49.1 Å². The molecule has 26 heavy (non-hydrogen) atoms. The van der Waals surface area contributed by atoms with Gasteiger partial charge in [-0.05, 0) is 30.5 Å². The van der Waals surface area contributed by atoms with Gasteiger partial charge < -0.3 is 10.6 Å². The summed E-state index contributed by atoms with van der Waals surface area (Å²) in [5.74, 6) is -0.0174. The number of carbonyl (C=O) groups excluding carboxylic acids is 2. The van der Waals surface area contributed by atoms with E-state index in [1.54, 1.807) is 0 Å². The van der Waals surface area contributed by atoms with E-state index < -0.39 is 5.41 Å². The third-order valence-corrected chi connectivity index (χ3v) is 4.84. The van der Waals surface area contributed by atoms with Gasteiger partial charge in [0.2, 0.25) is 11.8 Å². The molecule has 144 valence electrons. The minimum absolute atomic E-state index is 0.00959. The zero-order valence-electron chi connectivity index (χ0n) is 16.0. The number of piperidine rings is 1. The van der Waals surface area contributed by atoms with Gasteiger partial charge in [-0.15, -0.1) is 0 Å². The number of nitrogens with zero attached hydrogens (tertiary/aromatic N) is 1. The van der Waals surface area contributed by atoms with Gasteiger partial charge in [-0.25, -0.2) is 0 Å². The lowest BCUT2D eigenvalue weighted by Crippen LogP contribution is -2.45. The highest BCUT2D eigenvalue weighted by molar-refractivity contribution is 6.30. The van der Waals surface area contributed by atoms with Crippen molar-refractivity contribution in [2.75, 3.05) is 19.6 Å². The van der Waals surface area contributed by atoms with Gasteiger partial charge in [0.15, 0.2) is 0 Å². The van der Waals surface area contributed by atoms with Crippen molar-refractivity contribution in [3.63, 3.8) is 0 Å². The Balaban J connectivity index is 1.64. The molecule has 1 aromatic carbocycles. The van der Waals surface area contributed by atoms with Gasteiger partial charge in [-0.1, -0.05) is 44.5 Å². The molecule has 2 rings (SSSR count). The fourth-order valence-electron chi connectivity index (χ4n) is 2.94. The second-order valence-electron chi connectivity index (χ2n) is 8.00. The first-order chi connectivity index (χ1) is 12.2. The first-order valence-electron chi connectivity index (χ1n) is 9.28. The Kier molecular flexibility index (Phi) is 7.47. The van der Waals surface area contributed by atoms with Crippen molar-refractivity contribution >= 4 is 23.4 Å². The molecule has 1 saturated heterocycles. The molecular weight excluding hydrogens is 350 g/mol. The standard InChI is InChI=1S/C20H30ClN3O2/c1-20(2,3)19(26)22-11-8-18(25)23-17-9-12-24(13-10-17)14-15-4-6-16(21)7-5-15/h4-7,17H,8-14H2,1-3H3,(H,22,26)(H,23,25). The first kappa shape index (κ1) is 20.7. The van der Waals surface area contributed by atoms with Crippen molar-refractivity contribution in [1.29, 1.82) is 0 Å². The fourth-order valence-corrected chi connectivity index (χ4v) is 3.06. The number of halogens is 1. The maximum atomic E-state index is 12.1. The van der Waals surface area contributed by atoms with Crippen LogP contribution >= 0.6 is 11.6 Å². The van der Waals surface area contributed by atoms with Crippen molar-refractivity contribution in [1.82, 2.24) is 15.5 Å². The van der Waals surface area contributed by atoms with Crippen molar-refractivity contribution in [2.45, 2.75) is 52.6 Å². The molecule has 0 radical (unpaired) electrons. The smallest absolute Gasteiger partial charge is 0.225 e. The molecule has 1 aliphatic rings. The van der Waals surface area contributed by atoms with Crippen LogP contribution in [0.1, 0.15) is 45.6 Å². The van der Waals surface area contributed by atoms with Crippen molar-refractivity contribution in [3.8, 4) is 0 Å². The molecule has 0 atom stereocenters.